The molecule has 0 aliphatic heterocycles. The van der Waals surface area contributed by atoms with E-state index in [1.165, 1.54) is 0 Å². The van der Waals surface area contributed by atoms with Crippen molar-refractivity contribution in [3.63, 3.8) is 0 Å². The molecule has 0 fully saturated rings. The van der Waals surface area contributed by atoms with E-state index in [1.54, 1.807) is 40.4 Å². The molecule has 3 atom stereocenters. The third kappa shape index (κ3) is 6.54. The number of aryl methyl sites for hydroxylation is 1. The summed E-state index contributed by atoms with van der Waals surface area (Å²) in [6, 6.07) is 20.3. The van der Waals surface area contributed by atoms with Crippen LogP contribution < -0.4 is 18.9 Å². The lowest BCUT2D eigenvalue weighted by molar-refractivity contribution is -0.135. The van der Waals surface area contributed by atoms with E-state index < -0.39 is 18.1 Å². The Morgan fingerprint density at radius 1 is 0.784 bits per heavy atom. The van der Waals surface area contributed by atoms with E-state index >= 15 is 0 Å². The van der Waals surface area contributed by atoms with Crippen LogP contribution in [0, 0.1) is 0 Å². The molecule has 1 amide bonds. The minimum atomic E-state index is -0.813. The van der Waals surface area contributed by atoms with Gasteiger partial charge < -0.3 is 29.0 Å². The van der Waals surface area contributed by atoms with Crippen LogP contribution in [0.1, 0.15) is 42.1 Å². The molecule has 37 heavy (non-hydrogen) atoms. The SMILES string of the molecule is COc1ccc(CC[C@H](C(=O)N(C)[C@H](C)[C@H](O)c2ccccc2)c2ccc(OC)c(OC)c2)cc1OC. The summed E-state index contributed by atoms with van der Waals surface area (Å²) in [5.41, 5.74) is 2.61. The monoisotopic (exact) mass is 507 g/mol. The van der Waals surface area contributed by atoms with Gasteiger partial charge in [0.05, 0.1) is 46.5 Å². The summed E-state index contributed by atoms with van der Waals surface area (Å²) in [5.74, 6) is 1.90. The summed E-state index contributed by atoms with van der Waals surface area (Å²) in [6.45, 7) is 1.86. The summed E-state index contributed by atoms with van der Waals surface area (Å²) in [6.07, 6.45) is 0.365. The number of carbonyl (C=O) groups excluding carboxylic acids is 1. The molecule has 7 heteroatoms. The maximum absolute atomic E-state index is 13.9. The molecule has 198 valence electrons. The molecule has 0 unspecified atom stereocenters. The van der Waals surface area contributed by atoms with Crippen LogP contribution in [0.2, 0.25) is 0 Å². The number of hydrogen-bond acceptors (Lipinski definition) is 6. The zero-order valence-electron chi connectivity index (χ0n) is 22.4. The van der Waals surface area contributed by atoms with Gasteiger partial charge in [0, 0.05) is 7.05 Å². The minimum Gasteiger partial charge on any atom is -0.493 e. The number of amides is 1. The molecule has 0 aromatic heterocycles. The topological polar surface area (TPSA) is 77.5 Å². The minimum absolute atomic E-state index is 0.0878. The highest BCUT2D eigenvalue weighted by Crippen LogP contribution is 2.35. The van der Waals surface area contributed by atoms with Crippen LogP contribution >= 0.6 is 0 Å². The van der Waals surface area contributed by atoms with Crippen LogP contribution in [0.5, 0.6) is 23.0 Å². The van der Waals surface area contributed by atoms with Crippen LogP contribution in [0.15, 0.2) is 66.7 Å². The van der Waals surface area contributed by atoms with Gasteiger partial charge in [-0.05, 0) is 60.7 Å². The van der Waals surface area contributed by atoms with Gasteiger partial charge in [-0.1, -0.05) is 42.5 Å². The fraction of sp³-hybridized carbons (Fsp3) is 0.367. The molecule has 0 aliphatic rings. The lowest BCUT2D eigenvalue weighted by Crippen LogP contribution is -2.41. The standard InChI is InChI=1S/C30H37NO6/c1-20(29(32)22-10-8-7-9-11-22)31(2)30(33)24(23-14-17-26(35-4)28(19-23)37-6)15-12-21-13-16-25(34-3)27(18-21)36-5/h7-11,13-14,16-20,24,29,32H,12,15H2,1-6H3/t20-,24+,29+/m1/s1. The highest BCUT2D eigenvalue weighted by atomic mass is 16.5. The van der Waals surface area contributed by atoms with E-state index in [0.717, 1.165) is 16.7 Å². The number of likely N-dealkylation sites (N-methyl/N-ethyl adjacent to an activating group) is 1. The van der Waals surface area contributed by atoms with Crippen molar-refractivity contribution < 1.29 is 28.8 Å². The Hall–Kier alpha value is -3.71. The van der Waals surface area contributed by atoms with Crippen LogP contribution in [0.3, 0.4) is 0 Å². The maximum atomic E-state index is 13.9. The molecular weight excluding hydrogens is 470 g/mol. The number of methoxy groups -OCH3 is 4. The quantitative estimate of drug-likeness (QED) is 0.371. The number of carbonyl (C=O) groups is 1. The molecule has 0 radical (unpaired) electrons. The zero-order chi connectivity index (χ0) is 26.9. The number of benzene rings is 3. The van der Waals surface area contributed by atoms with Crippen LogP contribution in [-0.2, 0) is 11.2 Å². The van der Waals surface area contributed by atoms with Crippen molar-refractivity contribution in [2.75, 3.05) is 35.5 Å². The number of nitrogens with zero attached hydrogens (tertiary/aromatic N) is 1. The second kappa shape index (κ2) is 13.0. The number of aliphatic hydroxyl groups is 1. The lowest BCUT2D eigenvalue weighted by Gasteiger charge is -2.32. The van der Waals surface area contributed by atoms with Crippen molar-refractivity contribution in [3.05, 3.63) is 83.4 Å². The number of aliphatic hydroxyl groups excluding tert-OH is 1. The van der Waals surface area contributed by atoms with Gasteiger partial charge in [-0.15, -0.1) is 0 Å². The third-order valence-corrected chi connectivity index (χ3v) is 6.83. The maximum Gasteiger partial charge on any atom is 0.230 e. The first kappa shape index (κ1) is 27.9. The first-order valence-corrected chi connectivity index (χ1v) is 12.3. The fourth-order valence-electron chi connectivity index (χ4n) is 4.44. The van der Waals surface area contributed by atoms with Crippen molar-refractivity contribution in [2.45, 2.75) is 37.8 Å². The molecule has 1 N–H and O–H groups in total. The molecule has 0 aliphatic carbocycles. The number of rotatable bonds is 12. The summed E-state index contributed by atoms with van der Waals surface area (Å²) in [4.78, 5) is 15.6. The highest BCUT2D eigenvalue weighted by molar-refractivity contribution is 5.84. The van der Waals surface area contributed by atoms with Crippen LogP contribution in [0.25, 0.3) is 0 Å². The Labute approximate surface area is 219 Å². The van der Waals surface area contributed by atoms with E-state index in [-0.39, 0.29) is 5.91 Å². The van der Waals surface area contributed by atoms with E-state index in [1.807, 2.05) is 73.7 Å². The van der Waals surface area contributed by atoms with Crippen LogP contribution in [-0.4, -0.2) is 57.4 Å². The Morgan fingerprint density at radius 3 is 1.95 bits per heavy atom. The number of hydrogen-bond donors (Lipinski definition) is 1. The molecular formula is C30H37NO6. The van der Waals surface area contributed by atoms with Crippen molar-refractivity contribution in [1.82, 2.24) is 4.90 Å². The van der Waals surface area contributed by atoms with Crippen LogP contribution in [0.4, 0.5) is 0 Å². The first-order valence-electron chi connectivity index (χ1n) is 12.3. The van der Waals surface area contributed by atoms with Crippen molar-refractivity contribution in [1.29, 1.82) is 0 Å². The number of ether oxygens (including phenoxy) is 4. The Bertz CT molecular complexity index is 1170. The largest absolute Gasteiger partial charge is 0.493 e. The van der Waals surface area contributed by atoms with E-state index in [9.17, 15) is 9.90 Å². The van der Waals surface area contributed by atoms with Crippen molar-refractivity contribution in [2.24, 2.45) is 0 Å². The molecule has 7 nitrogen and oxygen atoms in total. The zero-order valence-corrected chi connectivity index (χ0v) is 22.4. The average Bonchev–Trinajstić information content (AvgIpc) is 2.95. The van der Waals surface area contributed by atoms with E-state index in [2.05, 4.69) is 0 Å². The average molecular weight is 508 g/mol. The second-order valence-corrected chi connectivity index (χ2v) is 8.94. The van der Waals surface area contributed by atoms with Gasteiger partial charge in [-0.25, -0.2) is 0 Å². The van der Waals surface area contributed by atoms with Gasteiger partial charge in [0.1, 0.15) is 0 Å². The summed E-state index contributed by atoms with van der Waals surface area (Å²) in [7, 11) is 8.10. The summed E-state index contributed by atoms with van der Waals surface area (Å²) < 4.78 is 21.7. The second-order valence-electron chi connectivity index (χ2n) is 8.94. The molecule has 3 rings (SSSR count). The first-order chi connectivity index (χ1) is 17.8. The normalized spacial score (nSPS) is 13.3. The summed E-state index contributed by atoms with van der Waals surface area (Å²) in [5, 5.41) is 11.0. The van der Waals surface area contributed by atoms with Crippen molar-refractivity contribution >= 4 is 5.91 Å². The predicted octanol–water partition coefficient (Wildman–Crippen LogP) is 5.02. The molecule has 0 saturated carbocycles. The lowest BCUT2D eigenvalue weighted by atomic mass is 9.89. The molecule has 0 saturated heterocycles. The van der Waals surface area contributed by atoms with Gasteiger partial charge in [-0.2, -0.15) is 0 Å². The van der Waals surface area contributed by atoms with Gasteiger partial charge in [-0.3, -0.25) is 4.79 Å². The van der Waals surface area contributed by atoms with Gasteiger partial charge in [0.15, 0.2) is 23.0 Å². The molecule has 0 spiro atoms. The van der Waals surface area contributed by atoms with Crippen molar-refractivity contribution in [3.8, 4) is 23.0 Å². The van der Waals surface area contributed by atoms with E-state index in [0.29, 0.717) is 35.8 Å². The highest BCUT2D eigenvalue weighted by Gasteiger charge is 2.30. The molecule has 3 aromatic carbocycles. The Kier molecular flexibility index (Phi) is 9.80. The smallest absolute Gasteiger partial charge is 0.230 e. The van der Waals surface area contributed by atoms with Gasteiger partial charge in [0.2, 0.25) is 5.91 Å². The predicted molar refractivity (Wildman–Crippen MR) is 144 cm³/mol. The summed E-state index contributed by atoms with van der Waals surface area (Å²) >= 11 is 0. The fourth-order valence-corrected chi connectivity index (χ4v) is 4.44. The molecule has 0 heterocycles. The Balaban J connectivity index is 1.90. The van der Waals surface area contributed by atoms with Gasteiger partial charge in [0.25, 0.3) is 0 Å². The molecule has 0 bridgehead atoms. The van der Waals surface area contributed by atoms with Gasteiger partial charge >= 0.3 is 0 Å². The van der Waals surface area contributed by atoms with E-state index in [4.69, 9.17) is 18.9 Å². The third-order valence-electron chi connectivity index (χ3n) is 6.83. The Morgan fingerprint density at radius 2 is 1.35 bits per heavy atom. The molecule has 3 aromatic rings.